The van der Waals surface area contributed by atoms with Gasteiger partial charge in [-0.2, -0.15) is 0 Å². The number of nitrogens with zero attached hydrogens (tertiary/aromatic N) is 2. The van der Waals surface area contributed by atoms with Crippen molar-refractivity contribution in [1.82, 2.24) is 10.2 Å². The largest absolute Gasteiger partial charge is 0.352 e. The topological polar surface area (TPSA) is 52.7 Å². The molecule has 5 nitrogen and oxygen atoms in total. The van der Waals surface area contributed by atoms with Gasteiger partial charge in [0.25, 0.3) is 0 Å². The smallest absolute Gasteiger partial charge is 0.227 e. The minimum Gasteiger partial charge on any atom is -0.352 e. The van der Waals surface area contributed by atoms with Crippen LogP contribution in [-0.2, 0) is 16.1 Å². The fourth-order valence-electron chi connectivity index (χ4n) is 3.36. The number of benzene rings is 1. The molecule has 2 aliphatic rings. The van der Waals surface area contributed by atoms with Crippen LogP contribution in [0.15, 0.2) is 24.3 Å². The lowest BCUT2D eigenvalue weighted by Crippen LogP contribution is -2.38. The quantitative estimate of drug-likeness (QED) is 0.921. The molecular weight excluding hydrogens is 290 g/mol. The van der Waals surface area contributed by atoms with Gasteiger partial charge in [-0.05, 0) is 57.1 Å². The molecule has 0 aromatic heterocycles. The lowest BCUT2D eigenvalue weighted by Gasteiger charge is -2.28. The number of amides is 2. The van der Waals surface area contributed by atoms with E-state index in [9.17, 15) is 9.59 Å². The van der Waals surface area contributed by atoms with E-state index in [0.717, 1.165) is 50.1 Å². The summed E-state index contributed by atoms with van der Waals surface area (Å²) in [5, 5.41) is 3.05. The molecule has 3 rings (SSSR count). The molecule has 0 radical (unpaired) electrons. The molecule has 5 heteroatoms. The van der Waals surface area contributed by atoms with Crippen LogP contribution in [0.25, 0.3) is 0 Å². The van der Waals surface area contributed by atoms with Crippen LogP contribution in [0.3, 0.4) is 0 Å². The number of piperidine rings is 1. The predicted octanol–water partition coefficient (Wildman–Crippen LogP) is 1.77. The van der Waals surface area contributed by atoms with E-state index in [1.807, 2.05) is 29.2 Å². The number of rotatable bonds is 4. The molecule has 2 aliphatic heterocycles. The Balaban J connectivity index is 1.56. The van der Waals surface area contributed by atoms with Crippen molar-refractivity contribution in [2.45, 2.75) is 32.2 Å². The first-order valence-corrected chi connectivity index (χ1v) is 8.49. The van der Waals surface area contributed by atoms with Crippen molar-refractivity contribution in [3.63, 3.8) is 0 Å². The molecule has 0 bridgehead atoms. The maximum atomic E-state index is 12.3. The maximum Gasteiger partial charge on any atom is 0.227 e. The Morgan fingerprint density at radius 3 is 2.74 bits per heavy atom. The Hall–Kier alpha value is -1.88. The summed E-state index contributed by atoms with van der Waals surface area (Å²) in [6, 6.07) is 7.93. The average molecular weight is 315 g/mol. The van der Waals surface area contributed by atoms with Gasteiger partial charge in [0.05, 0.1) is 0 Å². The molecule has 0 atom stereocenters. The molecule has 2 amide bonds. The second-order valence-corrected chi connectivity index (χ2v) is 6.61. The van der Waals surface area contributed by atoms with Gasteiger partial charge in [-0.25, -0.2) is 0 Å². The fourth-order valence-corrected chi connectivity index (χ4v) is 3.36. The minimum absolute atomic E-state index is 0.134. The molecule has 1 N–H and O–H groups in total. The molecule has 124 valence electrons. The SMILES string of the molecule is CN1CCC(C(=O)NCc2cccc(N3CCCC3=O)c2)CC1. The lowest BCUT2D eigenvalue weighted by atomic mass is 9.96. The highest BCUT2D eigenvalue weighted by Gasteiger charge is 2.24. The normalized spacial score (nSPS) is 20.0. The second-order valence-electron chi connectivity index (χ2n) is 6.61. The molecule has 23 heavy (non-hydrogen) atoms. The number of likely N-dealkylation sites (tertiary alicyclic amines) is 1. The number of hydrogen-bond donors (Lipinski definition) is 1. The Kier molecular flexibility index (Phi) is 4.96. The van der Waals surface area contributed by atoms with Crippen molar-refractivity contribution in [2.75, 3.05) is 31.6 Å². The highest BCUT2D eigenvalue weighted by Crippen LogP contribution is 2.22. The van der Waals surface area contributed by atoms with Crippen molar-refractivity contribution in [2.24, 2.45) is 5.92 Å². The van der Waals surface area contributed by atoms with Gasteiger partial charge in [0.2, 0.25) is 11.8 Å². The average Bonchev–Trinajstić information content (AvgIpc) is 3.00. The third-order valence-corrected chi connectivity index (χ3v) is 4.85. The van der Waals surface area contributed by atoms with Gasteiger partial charge in [0, 0.05) is 31.1 Å². The fraction of sp³-hybridized carbons (Fsp3) is 0.556. The Morgan fingerprint density at radius 2 is 2.04 bits per heavy atom. The van der Waals surface area contributed by atoms with Crippen LogP contribution >= 0.6 is 0 Å². The predicted molar refractivity (Wildman–Crippen MR) is 90.1 cm³/mol. The maximum absolute atomic E-state index is 12.3. The third kappa shape index (κ3) is 3.91. The van der Waals surface area contributed by atoms with E-state index in [1.165, 1.54) is 0 Å². The highest BCUT2D eigenvalue weighted by atomic mass is 16.2. The van der Waals surface area contributed by atoms with Crippen molar-refractivity contribution in [3.05, 3.63) is 29.8 Å². The zero-order chi connectivity index (χ0) is 16.2. The molecule has 2 heterocycles. The number of carbonyl (C=O) groups is 2. The van der Waals surface area contributed by atoms with Gasteiger partial charge in [-0.3, -0.25) is 9.59 Å². The van der Waals surface area contributed by atoms with Crippen LogP contribution in [0.4, 0.5) is 5.69 Å². The van der Waals surface area contributed by atoms with E-state index >= 15 is 0 Å². The zero-order valence-electron chi connectivity index (χ0n) is 13.8. The van der Waals surface area contributed by atoms with Gasteiger partial charge in [-0.15, -0.1) is 0 Å². The summed E-state index contributed by atoms with van der Waals surface area (Å²) in [5.41, 5.74) is 1.99. The van der Waals surface area contributed by atoms with Crippen molar-refractivity contribution in [1.29, 1.82) is 0 Å². The Morgan fingerprint density at radius 1 is 1.26 bits per heavy atom. The van der Waals surface area contributed by atoms with Crippen molar-refractivity contribution < 1.29 is 9.59 Å². The molecule has 0 aliphatic carbocycles. The summed E-state index contributed by atoms with van der Waals surface area (Å²) < 4.78 is 0. The monoisotopic (exact) mass is 315 g/mol. The van der Waals surface area contributed by atoms with E-state index in [4.69, 9.17) is 0 Å². The lowest BCUT2D eigenvalue weighted by molar-refractivity contribution is -0.126. The minimum atomic E-state index is 0.134. The van der Waals surface area contributed by atoms with Gasteiger partial charge < -0.3 is 15.1 Å². The van der Waals surface area contributed by atoms with Crippen molar-refractivity contribution >= 4 is 17.5 Å². The van der Waals surface area contributed by atoms with Crippen LogP contribution in [0.2, 0.25) is 0 Å². The van der Waals surface area contributed by atoms with E-state index in [1.54, 1.807) is 0 Å². The van der Waals surface area contributed by atoms with E-state index < -0.39 is 0 Å². The zero-order valence-corrected chi connectivity index (χ0v) is 13.8. The summed E-state index contributed by atoms with van der Waals surface area (Å²) in [5.74, 6) is 0.479. The molecule has 0 spiro atoms. The van der Waals surface area contributed by atoms with Gasteiger partial charge in [0.1, 0.15) is 0 Å². The van der Waals surface area contributed by atoms with Crippen LogP contribution in [-0.4, -0.2) is 43.4 Å². The number of nitrogens with one attached hydrogen (secondary N) is 1. The van der Waals surface area contributed by atoms with E-state index in [2.05, 4.69) is 17.3 Å². The summed E-state index contributed by atoms with van der Waals surface area (Å²) in [7, 11) is 2.10. The second kappa shape index (κ2) is 7.13. The van der Waals surface area contributed by atoms with Gasteiger partial charge >= 0.3 is 0 Å². The third-order valence-electron chi connectivity index (χ3n) is 4.85. The van der Waals surface area contributed by atoms with Crippen LogP contribution in [0.1, 0.15) is 31.2 Å². The van der Waals surface area contributed by atoms with Gasteiger partial charge in [0.15, 0.2) is 0 Å². The highest BCUT2D eigenvalue weighted by molar-refractivity contribution is 5.95. The molecule has 1 aromatic carbocycles. The Labute approximate surface area is 137 Å². The van der Waals surface area contributed by atoms with E-state index in [-0.39, 0.29) is 17.7 Å². The molecule has 1 aromatic rings. The molecule has 0 unspecified atom stereocenters. The van der Waals surface area contributed by atoms with Crippen LogP contribution in [0.5, 0.6) is 0 Å². The molecular formula is C18H25N3O2. The number of hydrogen-bond acceptors (Lipinski definition) is 3. The number of anilines is 1. The first kappa shape index (κ1) is 16.0. The molecule has 2 fully saturated rings. The number of carbonyl (C=O) groups excluding carboxylic acids is 2. The van der Waals surface area contributed by atoms with E-state index in [0.29, 0.717) is 13.0 Å². The first-order valence-electron chi connectivity index (χ1n) is 8.49. The van der Waals surface area contributed by atoms with Crippen LogP contribution < -0.4 is 10.2 Å². The summed E-state index contributed by atoms with van der Waals surface area (Å²) in [6.07, 6.45) is 3.43. The standard InChI is InChI=1S/C18H25N3O2/c1-20-10-7-15(8-11-20)18(23)19-13-14-4-2-5-16(12-14)21-9-3-6-17(21)22/h2,4-5,12,15H,3,6-11,13H2,1H3,(H,19,23). The summed E-state index contributed by atoms with van der Waals surface area (Å²) >= 11 is 0. The Bertz CT molecular complexity index is 579. The van der Waals surface area contributed by atoms with Gasteiger partial charge in [-0.1, -0.05) is 12.1 Å². The summed E-state index contributed by atoms with van der Waals surface area (Å²) in [4.78, 5) is 28.2. The summed E-state index contributed by atoms with van der Waals surface area (Å²) in [6.45, 7) is 3.31. The van der Waals surface area contributed by atoms with Crippen LogP contribution in [0, 0.1) is 5.92 Å². The molecule has 2 saturated heterocycles. The first-order chi connectivity index (χ1) is 11.1. The molecule has 0 saturated carbocycles. The van der Waals surface area contributed by atoms with Crippen molar-refractivity contribution in [3.8, 4) is 0 Å².